The highest BCUT2D eigenvalue weighted by Gasteiger charge is 2.36. The average molecular weight is 462 g/mol. The van der Waals surface area contributed by atoms with E-state index in [1.165, 1.54) is 12.1 Å². The Morgan fingerprint density at radius 3 is 2.50 bits per heavy atom. The van der Waals surface area contributed by atoms with E-state index in [9.17, 15) is 14.0 Å². The number of amides is 2. The Balaban J connectivity index is 1.41. The van der Waals surface area contributed by atoms with Crippen molar-refractivity contribution in [3.8, 4) is 0 Å². The smallest absolute Gasteiger partial charge is 0.256 e. The summed E-state index contributed by atoms with van der Waals surface area (Å²) in [6, 6.07) is 20.8. The molecule has 4 rings (SSSR count). The van der Waals surface area contributed by atoms with E-state index in [1.807, 2.05) is 48.2 Å². The van der Waals surface area contributed by atoms with Gasteiger partial charge in [0.05, 0.1) is 0 Å². The predicted octanol–water partition coefficient (Wildman–Crippen LogP) is 4.75. The monoisotopic (exact) mass is 461 g/mol. The summed E-state index contributed by atoms with van der Waals surface area (Å²) in [4.78, 5) is 27.3. The van der Waals surface area contributed by atoms with Crippen LogP contribution in [0.1, 0.15) is 51.4 Å². The van der Waals surface area contributed by atoms with Crippen molar-refractivity contribution in [2.45, 2.75) is 26.1 Å². The van der Waals surface area contributed by atoms with Gasteiger partial charge in [0.1, 0.15) is 12.0 Å². The lowest BCUT2D eigenvalue weighted by Gasteiger charge is -2.27. The molecule has 2 N–H and O–H groups in total. The quantitative estimate of drug-likeness (QED) is 0.428. The zero-order valence-corrected chi connectivity index (χ0v) is 19.1. The van der Waals surface area contributed by atoms with Crippen molar-refractivity contribution >= 4 is 17.5 Å². The molecule has 1 heterocycles. The Bertz CT molecular complexity index is 1130. The number of ether oxygens (including phenoxy) is 1. The standard InChI is InChI=1S/C27H28FN3O3/c1-2-34-17-5-16-31-25(23-6-3-4-7-24(23)27(31)33)30-22-14-10-20(11-15-22)26(32)29-18-19-8-12-21(28)13-9-19/h3-4,6-15,25,30H,2,5,16-18H2,1H3,(H,29,32). The lowest BCUT2D eigenvalue weighted by Crippen LogP contribution is -2.33. The van der Waals surface area contributed by atoms with E-state index in [4.69, 9.17) is 4.74 Å². The summed E-state index contributed by atoms with van der Waals surface area (Å²) in [6.45, 7) is 4.10. The van der Waals surface area contributed by atoms with Crippen molar-refractivity contribution in [3.63, 3.8) is 0 Å². The average Bonchev–Trinajstić information content (AvgIpc) is 3.12. The van der Waals surface area contributed by atoms with E-state index in [0.717, 1.165) is 23.2 Å². The highest BCUT2D eigenvalue weighted by Crippen LogP contribution is 2.34. The van der Waals surface area contributed by atoms with Crippen molar-refractivity contribution in [2.24, 2.45) is 0 Å². The number of nitrogens with one attached hydrogen (secondary N) is 2. The van der Waals surface area contributed by atoms with Crippen LogP contribution >= 0.6 is 0 Å². The number of nitrogens with zero attached hydrogens (tertiary/aromatic N) is 1. The first-order valence-corrected chi connectivity index (χ1v) is 11.4. The molecular weight excluding hydrogens is 433 g/mol. The third kappa shape index (κ3) is 5.43. The molecule has 0 aromatic heterocycles. The zero-order valence-electron chi connectivity index (χ0n) is 19.1. The number of halogens is 1. The molecule has 6 nitrogen and oxygen atoms in total. The largest absolute Gasteiger partial charge is 0.382 e. The summed E-state index contributed by atoms with van der Waals surface area (Å²) in [6.07, 6.45) is 0.460. The van der Waals surface area contributed by atoms with Gasteiger partial charge >= 0.3 is 0 Å². The van der Waals surface area contributed by atoms with Gasteiger partial charge in [0, 0.05) is 48.7 Å². The van der Waals surface area contributed by atoms with Crippen LogP contribution < -0.4 is 10.6 Å². The van der Waals surface area contributed by atoms with Crippen molar-refractivity contribution in [2.75, 3.05) is 25.1 Å². The van der Waals surface area contributed by atoms with Gasteiger partial charge in [-0.2, -0.15) is 0 Å². The van der Waals surface area contributed by atoms with E-state index in [-0.39, 0.29) is 23.8 Å². The van der Waals surface area contributed by atoms with Gasteiger partial charge in [-0.3, -0.25) is 9.59 Å². The molecule has 0 saturated heterocycles. The van der Waals surface area contributed by atoms with Crippen molar-refractivity contribution in [1.29, 1.82) is 0 Å². The van der Waals surface area contributed by atoms with Crippen LogP contribution in [0.2, 0.25) is 0 Å². The lowest BCUT2D eigenvalue weighted by molar-refractivity contribution is 0.0708. The van der Waals surface area contributed by atoms with Crippen LogP contribution in [0.3, 0.4) is 0 Å². The first-order chi connectivity index (χ1) is 16.6. The van der Waals surface area contributed by atoms with Crippen LogP contribution in [0, 0.1) is 5.82 Å². The van der Waals surface area contributed by atoms with Crippen molar-refractivity contribution in [3.05, 3.63) is 101 Å². The molecule has 0 aliphatic carbocycles. The van der Waals surface area contributed by atoms with Crippen LogP contribution in [0.4, 0.5) is 10.1 Å². The maximum absolute atomic E-state index is 13.0. The summed E-state index contributed by atoms with van der Waals surface area (Å²) in [7, 11) is 0. The number of benzene rings is 3. The van der Waals surface area contributed by atoms with Crippen LogP contribution in [-0.2, 0) is 11.3 Å². The molecule has 0 fully saturated rings. The van der Waals surface area contributed by atoms with Gasteiger partial charge in [-0.15, -0.1) is 0 Å². The Labute approximate surface area is 198 Å². The summed E-state index contributed by atoms with van der Waals surface area (Å²) in [5, 5.41) is 6.28. The molecule has 0 spiro atoms. The molecule has 3 aromatic rings. The van der Waals surface area contributed by atoms with E-state index in [2.05, 4.69) is 10.6 Å². The fourth-order valence-electron chi connectivity index (χ4n) is 4.00. The summed E-state index contributed by atoms with van der Waals surface area (Å²) >= 11 is 0. The summed E-state index contributed by atoms with van der Waals surface area (Å²) in [5.74, 6) is -0.520. The Morgan fingerprint density at radius 2 is 1.76 bits per heavy atom. The van der Waals surface area contributed by atoms with Crippen molar-refractivity contribution in [1.82, 2.24) is 10.2 Å². The summed E-state index contributed by atoms with van der Waals surface area (Å²) in [5.41, 5.74) is 3.78. The van der Waals surface area contributed by atoms with Gasteiger partial charge in [-0.05, 0) is 61.4 Å². The molecule has 1 aliphatic rings. The number of hydrogen-bond acceptors (Lipinski definition) is 4. The topological polar surface area (TPSA) is 70.7 Å². The van der Waals surface area contributed by atoms with E-state index in [0.29, 0.717) is 37.4 Å². The molecule has 0 radical (unpaired) electrons. The van der Waals surface area contributed by atoms with Crippen molar-refractivity contribution < 1.29 is 18.7 Å². The second-order valence-corrected chi connectivity index (χ2v) is 8.07. The third-order valence-electron chi connectivity index (χ3n) is 5.77. The Hall–Kier alpha value is -3.71. The maximum Gasteiger partial charge on any atom is 0.256 e. The first-order valence-electron chi connectivity index (χ1n) is 11.4. The lowest BCUT2D eigenvalue weighted by atomic mass is 10.1. The van der Waals surface area contributed by atoms with Crippen LogP contribution in [0.25, 0.3) is 0 Å². The fraction of sp³-hybridized carbons (Fsp3) is 0.259. The minimum atomic E-state index is -0.308. The molecule has 1 atom stereocenters. The maximum atomic E-state index is 13.0. The number of rotatable bonds is 10. The molecule has 2 amide bonds. The summed E-state index contributed by atoms with van der Waals surface area (Å²) < 4.78 is 18.5. The molecule has 1 aliphatic heterocycles. The number of carbonyl (C=O) groups is 2. The minimum absolute atomic E-state index is 0.00129. The van der Waals surface area contributed by atoms with Gasteiger partial charge in [-0.25, -0.2) is 4.39 Å². The van der Waals surface area contributed by atoms with E-state index < -0.39 is 0 Å². The fourth-order valence-corrected chi connectivity index (χ4v) is 4.00. The van der Waals surface area contributed by atoms with Gasteiger partial charge in [0.2, 0.25) is 0 Å². The molecule has 7 heteroatoms. The minimum Gasteiger partial charge on any atom is -0.382 e. The Morgan fingerprint density at radius 1 is 1.03 bits per heavy atom. The predicted molar refractivity (Wildman–Crippen MR) is 129 cm³/mol. The zero-order chi connectivity index (χ0) is 23.9. The first kappa shape index (κ1) is 23.4. The van der Waals surface area contributed by atoms with Gasteiger partial charge < -0.3 is 20.3 Å². The molecule has 34 heavy (non-hydrogen) atoms. The Kier molecular flexibility index (Phi) is 7.54. The highest BCUT2D eigenvalue weighted by atomic mass is 19.1. The number of fused-ring (bicyclic) bond motifs is 1. The SMILES string of the molecule is CCOCCCN1C(=O)c2ccccc2C1Nc1ccc(C(=O)NCc2ccc(F)cc2)cc1. The van der Waals surface area contributed by atoms with E-state index >= 15 is 0 Å². The second kappa shape index (κ2) is 10.9. The highest BCUT2D eigenvalue weighted by molar-refractivity contribution is 5.99. The molecule has 0 saturated carbocycles. The van der Waals surface area contributed by atoms with Crippen LogP contribution in [-0.4, -0.2) is 36.5 Å². The van der Waals surface area contributed by atoms with Gasteiger partial charge in [0.25, 0.3) is 11.8 Å². The number of anilines is 1. The van der Waals surface area contributed by atoms with Gasteiger partial charge in [0.15, 0.2) is 0 Å². The molecule has 176 valence electrons. The number of hydrogen-bond donors (Lipinski definition) is 2. The van der Waals surface area contributed by atoms with Crippen LogP contribution in [0.15, 0.2) is 72.8 Å². The molecule has 0 bridgehead atoms. The van der Waals surface area contributed by atoms with Crippen LogP contribution in [0.5, 0.6) is 0 Å². The molecule has 1 unspecified atom stereocenters. The number of carbonyl (C=O) groups excluding carboxylic acids is 2. The third-order valence-corrected chi connectivity index (χ3v) is 5.77. The second-order valence-electron chi connectivity index (χ2n) is 8.07. The molecular formula is C27H28FN3O3. The van der Waals surface area contributed by atoms with Gasteiger partial charge in [-0.1, -0.05) is 30.3 Å². The molecule has 3 aromatic carbocycles. The normalized spacial score (nSPS) is 14.7. The van der Waals surface area contributed by atoms with E-state index in [1.54, 1.807) is 24.3 Å².